The maximum atomic E-state index is 14.0. The topological polar surface area (TPSA) is 183 Å². The summed E-state index contributed by atoms with van der Waals surface area (Å²) in [7, 11) is -4.62. The maximum absolute atomic E-state index is 14.0. The summed E-state index contributed by atoms with van der Waals surface area (Å²) in [6, 6.07) is 19.4. The number of amides is 1. The second-order valence-electron chi connectivity index (χ2n) is 20.0. The first kappa shape index (κ1) is 49.7. The fraction of sp³-hybridized carbons (Fsp3) is 0.385. The lowest BCUT2D eigenvalue weighted by Crippen LogP contribution is -2.47. The number of aliphatic hydroxyl groups is 1. The molecule has 0 radical (unpaired) electrons. The number of anilines is 2. The molecular formula is C52H56F3N7O7S2. The van der Waals surface area contributed by atoms with E-state index in [1.54, 1.807) is 42.7 Å². The number of thiophene rings is 1. The number of aromatic amines is 1. The van der Waals surface area contributed by atoms with Gasteiger partial charge in [0.05, 0.1) is 32.7 Å². The zero-order chi connectivity index (χ0) is 50.3. The van der Waals surface area contributed by atoms with Crippen molar-refractivity contribution >= 4 is 60.9 Å². The minimum absolute atomic E-state index is 0.0790. The van der Waals surface area contributed by atoms with E-state index in [1.807, 2.05) is 11.4 Å². The molecule has 2 fully saturated rings. The Morgan fingerprint density at radius 3 is 2.44 bits per heavy atom. The Morgan fingerprint density at radius 1 is 0.972 bits per heavy atom. The lowest BCUT2D eigenvalue weighted by Gasteiger charge is -2.39. The second kappa shape index (κ2) is 19.7. The van der Waals surface area contributed by atoms with Crippen LogP contribution in [0.5, 0.6) is 11.5 Å². The summed E-state index contributed by atoms with van der Waals surface area (Å²) in [6.45, 7) is 10.3. The zero-order valence-electron chi connectivity index (χ0n) is 39.6. The van der Waals surface area contributed by atoms with Crippen LogP contribution >= 0.6 is 11.3 Å². The van der Waals surface area contributed by atoms with Crippen molar-refractivity contribution in [1.82, 2.24) is 19.6 Å². The molecule has 0 bridgehead atoms. The Hall–Kier alpha value is -6.28. The van der Waals surface area contributed by atoms with Gasteiger partial charge in [0.25, 0.3) is 21.6 Å². The van der Waals surface area contributed by atoms with Crippen molar-refractivity contribution in [3.8, 4) is 22.6 Å². The summed E-state index contributed by atoms with van der Waals surface area (Å²) in [5.41, 5.74) is 3.97. The molecule has 0 spiro atoms. The Kier molecular flexibility index (Phi) is 13.8. The highest BCUT2D eigenvalue weighted by atomic mass is 32.2. The quantitative estimate of drug-likeness (QED) is 0.0602. The summed E-state index contributed by atoms with van der Waals surface area (Å²) >= 11 is 1.62. The molecule has 0 atom stereocenters. The first-order valence-electron chi connectivity index (χ1n) is 23.7. The van der Waals surface area contributed by atoms with Gasteiger partial charge >= 0.3 is 6.18 Å². The van der Waals surface area contributed by atoms with Crippen LogP contribution in [0.2, 0.25) is 0 Å². The van der Waals surface area contributed by atoms with Crippen molar-refractivity contribution in [2.45, 2.75) is 82.4 Å². The van der Waals surface area contributed by atoms with Gasteiger partial charge in [0.2, 0.25) is 0 Å². The van der Waals surface area contributed by atoms with Gasteiger partial charge in [0.15, 0.2) is 0 Å². The summed E-state index contributed by atoms with van der Waals surface area (Å²) in [4.78, 5) is 38.2. The normalized spacial score (nSPS) is 20.0. The smallest absolute Gasteiger partial charge is 0.416 e. The van der Waals surface area contributed by atoms with Crippen molar-refractivity contribution in [2.24, 2.45) is 11.3 Å². The molecule has 0 unspecified atom stereocenters. The lowest BCUT2D eigenvalue weighted by atomic mass is 9.73. The van der Waals surface area contributed by atoms with E-state index in [1.165, 1.54) is 47.7 Å². The summed E-state index contributed by atoms with van der Waals surface area (Å²) in [5.74, 6) is -0.429. The first-order chi connectivity index (χ1) is 33.7. The first-order valence-corrected chi connectivity index (χ1v) is 26.1. The molecule has 6 aromatic rings. The number of ether oxygens (including phenoxy) is 1. The Morgan fingerprint density at radius 2 is 1.72 bits per heavy atom. The number of pyridine rings is 1. The molecule has 4 N–H and O–H groups in total. The van der Waals surface area contributed by atoms with E-state index in [9.17, 15) is 41.6 Å². The molecule has 1 aliphatic heterocycles. The highest BCUT2D eigenvalue weighted by Crippen LogP contribution is 2.46. The summed E-state index contributed by atoms with van der Waals surface area (Å²) in [5, 5.41) is 28.4. The van der Waals surface area contributed by atoms with Crippen LogP contribution in [-0.2, 0) is 16.2 Å². The van der Waals surface area contributed by atoms with E-state index in [0.29, 0.717) is 43.9 Å². The maximum Gasteiger partial charge on any atom is 0.416 e. The minimum atomic E-state index is -4.62. The molecule has 3 aromatic heterocycles. The molecule has 1 saturated carbocycles. The van der Waals surface area contributed by atoms with Crippen LogP contribution in [0.1, 0.15) is 86.5 Å². The van der Waals surface area contributed by atoms with E-state index < -0.39 is 48.8 Å². The molecule has 3 aliphatic rings. The average Bonchev–Trinajstić information content (AvgIpc) is 4.02. The number of carbonyl (C=O) groups excluding carboxylic acids is 1. The number of carbonyl (C=O) groups is 1. The molecule has 71 heavy (non-hydrogen) atoms. The van der Waals surface area contributed by atoms with Gasteiger partial charge in [-0.3, -0.25) is 19.8 Å². The Labute approximate surface area is 414 Å². The number of fused-ring (bicyclic) bond motifs is 1. The van der Waals surface area contributed by atoms with Crippen molar-refractivity contribution in [3.63, 3.8) is 0 Å². The van der Waals surface area contributed by atoms with Crippen molar-refractivity contribution in [2.75, 3.05) is 49.5 Å². The summed E-state index contributed by atoms with van der Waals surface area (Å²) < 4.78 is 75.8. The van der Waals surface area contributed by atoms with Gasteiger partial charge in [0.1, 0.15) is 22.8 Å². The van der Waals surface area contributed by atoms with Gasteiger partial charge in [0, 0.05) is 73.5 Å². The number of sulfonamides is 1. The number of halogens is 3. The summed E-state index contributed by atoms with van der Waals surface area (Å²) in [6.07, 6.45) is 4.42. The third-order valence-corrected chi connectivity index (χ3v) is 16.4. The number of allylic oxidation sites excluding steroid dienone is 1. The number of nitrogens with one attached hydrogen (secondary N) is 3. The fourth-order valence-electron chi connectivity index (χ4n) is 9.75. The molecule has 3 aromatic carbocycles. The Bertz CT molecular complexity index is 3090. The van der Waals surface area contributed by atoms with Crippen molar-refractivity contribution in [1.29, 1.82) is 0 Å². The third kappa shape index (κ3) is 11.6. The highest BCUT2D eigenvalue weighted by Gasteiger charge is 2.33. The molecule has 1 saturated heterocycles. The number of alkyl halides is 3. The molecule has 1 amide bonds. The van der Waals surface area contributed by atoms with E-state index in [0.717, 1.165) is 97.0 Å². The van der Waals surface area contributed by atoms with E-state index in [4.69, 9.17) is 4.74 Å². The van der Waals surface area contributed by atoms with Gasteiger partial charge in [-0.05, 0) is 140 Å². The van der Waals surface area contributed by atoms with Crippen LogP contribution in [0.4, 0.5) is 30.2 Å². The molecule has 19 heteroatoms. The van der Waals surface area contributed by atoms with E-state index in [-0.39, 0.29) is 28.3 Å². The third-order valence-electron chi connectivity index (χ3n) is 14.1. The van der Waals surface area contributed by atoms with Gasteiger partial charge in [-0.25, -0.2) is 18.1 Å². The molecular weight excluding hydrogens is 956 g/mol. The largest absolute Gasteiger partial charge is 0.455 e. The number of nitro groups is 1. The second-order valence-corrected chi connectivity index (χ2v) is 22.6. The fourth-order valence-corrected chi connectivity index (χ4v) is 11.8. The number of aromatic nitrogens is 2. The highest BCUT2D eigenvalue weighted by molar-refractivity contribution is 7.90. The number of piperazine rings is 1. The van der Waals surface area contributed by atoms with Crippen molar-refractivity contribution < 1.29 is 41.2 Å². The van der Waals surface area contributed by atoms with Gasteiger partial charge in [-0.2, -0.15) is 13.2 Å². The van der Waals surface area contributed by atoms with Crippen LogP contribution < -0.4 is 19.7 Å². The molecule has 4 heterocycles. The number of benzene rings is 3. The van der Waals surface area contributed by atoms with E-state index in [2.05, 4.69) is 49.7 Å². The number of H-pyrrole nitrogens is 1. The minimum Gasteiger partial charge on any atom is -0.455 e. The SMILES string of the molecule is CC1(C)CCC(CN2CCN(c3ccc(C(=O)NS(=O)(=O)c4ccc(NCC5CCC(C)(O)CC5)c([N+](=O)[O-])c4)c(Oc4cnc5[nH]ccc5c4)c3)CC2)=C(c2cc(-c3ccc(C(F)(F)F)cc3)cs2)C1. The zero-order valence-corrected chi connectivity index (χ0v) is 41.3. The predicted molar refractivity (Wildman–Crippen MR) is 269 cm³/mol. The van der Waals surface area contributed by atoms with Crippen LogP contribution in [0.15, 0.2) is 107 Å². The van der Waals surface area contributed by atoms with Gasteiger partial charge in [-0.1, -0.05) is 31.6 Å². The monoisotopic (exact) mass is 1010 g/mol. The standard InChI is InChI=1S/C52H56F3N7O7S2/c1-50(2)16-14-36(43(28-50)47-25-37(32-70-47)34-4-6-38(7-5-34)52(53,54)55)31-60-20-22-61(23-21-60)39-8-10-42(46(26-39)69-40-24-35-15-19-56-48(35)58-30-40)49(63)59-71(67,68)41-9-11-44(45(27-41)62(65)66)57-29-33-12-17-51(3,64)18-13-33/h4-11,15,19,24-27,30,32-33,57,64H,12-14,16-18,20-23,28-29,31H2,1-3H3,(H,56,58)(H,59,63). The van der Waals surface area contributed by atoms with Crippen LogP contribution in [0, 0.1) is 21.4 Å². The molecule has 14 nitrogen and oxygen atoms in total. The number of nitro benzene ring substituents is 1. The predicted octanol–water partition coefficient (Wildman–Crippen LogP) is 11.3. The number of rotatable bonds is 14. The number of nitrogens with zero attached hydrogens (tertiary/aromatic N) is 4. The van der Waals surface area contributed by atoms with Crippen molar-refractivity contribution in [3.05, 3.63) is 128 Å². The number of hydrogen-bond acceptors (Lipinski definition) is 12. The van der Waals surface area contributed by atoms with Crippen LogP contribution in [-0.4, -0.2) is 84.1 Å². The van der Waals surface area contributed by atoms with Gasteiger partial charge in [-0.15, -0.1) is 11.3 Å². The molecule has 9 rings (SSSR count). The Balaban J connectivity index is 0.909. The van der Waals surface area contributed by atoms with Crippen LogP contribution in [0.3, 0.4) is 0 Å². The van der Waals surface area contributed by atoms with Gasteiger partial charge < -0.3 is 25.0 Å². The lowest BCUT2D eigenvalue weighted by molar-refractivity contribution is -0.384. The average molecular weight is 1010 g/mol. The van der Waals surface area contributed by atoms with Crippen LogP contribution in [0.25, 0.3) is 27.7 Å². The van der Waals surface area contributed by atoms with E-state index >= 15 is 0 Å². The molecule has 2 aliphatic carbocycles. The molecule has 374 valence electrons. The number of hydrogen-bond donors (Lipinski definition) is 4.